The normalized spacial score (nSPS) is 13.7. The molecule has 1 heterocycles. The van der Waals surface area contributed by atoms with Crippen molar-refractivity contribution in [3.05, 3.63) is 59.2 Å². The van der Waals surface area contributed by atoms with Crippen molar-refractivity contribution in [1.29, 1.82) is 0 Å². The molecule has 26 heavy (non-hydrogen) atoms. The summed E-state index contributed by atoms with van der Waals surface area (Å²) < 4.78 is 5.29. The van der Waals surface area contributed by atoms with Crippen LogP contribution in [0, 0.1) is 6.92 Å². The first-order valence-corrected chi connectivity index (χ1v) is 8.20. The lowest BCUT2D eigenvalue weighted by molar-refractivity contribution is 0.0303. The molecule has 1 aliphatic rings. The van der Waals surface area contributed by atoms with Crippen molar-refractivity contribution in [3.63, 3.8) is 0 Å². The second-order valence-electron chi connectivity index (χ2n) is 5.98. The lowest BCUT2D eigenvalue weighted by Crippen LogP contribution is -2.41. The highest BCUT2D eigenvalue weighted by Gasteiger charge is 2.22. The number of ether oxygens (including phenoxy) is 1. The van der Waals surface area contributed by atoms with Crippen LogP contribution < -0.4 is 11.1 Å². The second-order valence-corrected chi connectivity index (χ2v) is 5.98. The van der Waals surface area contributed by atoms with Crippen LogP contribution in [0.1, 0.15) is 26.3 Å². The number of carbonyl (C=O) groups excluding carboxylic acids is 2. The molecule has 3 rings (SSSR count). The Kier molecular flexibility index (Phi) is 6.60. The lowest BCUT2D eigenvalue weighted by Gasteiger charge is -2.27. The molecule has 0 unspecified atom stereocenters. The molecule has 0 saturated carbocycles. The first-order valence-electron chi connectivity index (χ1n) is 8.20. The Labute approximate surface area is 158 Å². The van der Waals surface area contributed by atoms with Gasteiger partial charge in [0.1, 0.15) is 0 Å². The van der Waals surface area contributed by atoms with Gasteiger partial charge in [-0.2, -0.15) is 0 Å². The molecule has 0 aliphatic carbocycles. The number of nitrogen functional groups attached to an aromatic ring is 1. The van der Waals surface area contributed by atoms with E-state index in [1.807, 2.05) is 6.92 Å². The van der Waals surface area contributed by atoms with Crippen LogP contribution in [0.15, 0.2) is 42.5 Å². The Bertz CT molecular complexity index is 804. The van der Waals surface area contributed by atoms with Gasteiger partial charge in [-0.15, -0.1) is 12.4 Å². The lowest BCUT2D eigenvalue weighted by atomic mass is 10.1. The minimum absolute atomic E-state index is 0. The van der Waals surface area contributed by atoms with Crippen molar-refractivity contribution in [3.8, 4) is 0 Å². The molecule has 0 atom stereocenters. The standard InChI is InChI=1S/C19H21N3O3.ClH/c1-13-6-7-14(20)12-16(13)18(23)21-17-5-3-2-4-15(17)19(24)22-8-10-25-11-9-22;/h2-7,12H,8-11,20H2,1H3,(H,21,23);1H. The molecule has 6 nitrogen and oxygen atoms in total. The van der Waals surface area contributed by atoms with Crippen LogP contribution in [0.3, 0.4) is 0 Å². The number of anilines is 2. The maximum absolute atomic E-state index is 12.8. The summed E-state index contributed by atoms with van der Waals surface area (Å²) in [6, 6.07) is 12.2. The summed E-state index contributed by atoms with van der Waals surface area (Å²) in [4.78, 5) is 27.1. The number of hydrogen-bond donors (Lipinski definition) is 2. The van der Waals surface area contributed by atoms with E-state index in [0.29, 0.717) is 48.8 Å². The summed E-state index contributed by atoms with van der Waals surface area (Å²) in [7, 11) is 0. The van der Waals surface area contributed by atoms with Gasteiger partial charge in [0.15, 0.2) is 0 Å². The third-order valence-corrected chi connectivity index (χ3v) is 4.21. The SMILES string of the molecule is Cc1ccc(N)cc1C(=O)Nc1ccccc1C(=O)N1CCOCC1.Cl. The quantitative estimate of drug-likeness (QED) is 0.808. The molecule has 3 N–H and O–H groups in total. The Morgan fingerprint density at radius 3 is 2.50 bits per heavy atom. The van der Waals surface area contributed by atoms with Crippen molar-refractivity contribution in [2.75, 3.05) is 37.4 Å². The number of hydrogen-bond acceptors (Lipinski definition) is 4. The Morgan fingerprint density at radius 1 is 1.08 bits per heavy atom. The van der Waals surface area contributed by atoms with Gasteiger partial charge in [0.05, 0.1) is 24.5 Å². The summed E-state index contributed by atoms with van der Waals surface area (Å²) in [5, 5.41) is 2.84. The first kappa shape index (κ1) is 19.8. The molecular formula is C19H22ClN3O3. The average Bonchev–Trinajstić information content (AvgIpc) is 2.64. The van der Waals surface area contributed by atoms with Gasteiger partial charge in [-0.1, -0.05) is 18.2 Å². The Balaban J connectivity index is 0.00000243. The number of nitrogens with zero attached hydrogens (tertiary/aromatic N) is 1. The molecule has 2 amide bonds. The fraction of sp³-hybridized carbons (Fsp3) is 0.263. The summed E-state index contributed by atoms with van der Waals surface area (Å²) in [6.45, 7) is 4.01. The van der Waals surface area contributed by atoms with E-state index in [-0.39, 0.29) is 24.2 Å². The third-order valence-electron chi connectivity index (χ3n) is 4.21. The predicted octanol–water partition coefficient (Wildman–Crippen LogP) is 2.72. The monoisotopic (exact) mass is 375 g/mol. The van der Waals surface area contributed by atoms with Gasteiger partial charge >= 0.3 is 0 Å². The van der Waals surface area contributed by atoms with Crippen molar-refractivity contribution in [2.24, 2.45) is 0 Å². The smallest absolute Gasteiger partial charge is 0.256 e. The zero-order valence-electron chi connectivity index (χ0n) is 14.5. The zero-order valence-corrected chi connectivity index (χ0v) is 15.3. The molecule has 7 heteroatoms. The molecule has 1 saturated heterocycles. The predicted molar refractivity (Wildman–Crippen MR) is 104 cm³/mol. The van der Waals surface area contributed by atoms with Crippen molar-refractivity contribution >= 4 is 35.6 Å². The summed E-state index contributed by atoms with van der Waals surface area (Å²) in [5.41, 5.74) is 8.58. The highest BCUT2D eigenvalue weighted by atomic mass is 35.5. The average molecular weight is 376 g/mol. The highest BCUT2D eigenvalue weighted by Crippen LogP contribution is 2.20. The van der Waals surface area contributed by atoms with Crippen LogP contribution in [-0.2, 0) is 4.74 Å². The third kappa shape index (κ3) is 4.33. The van der Waals surface area contributed by atoms with Gasteiger partial charge in [0.25, 0.3) is 11.8 Å². The molecule has 0 spiro atoms. The Hall–Kier alpha value is -2.57. The van der Waals surface area contributed by atoms with Crippen LogP contribution in [0.5, 0.6) is 0 Å². The van der Waals surface area contributed by atoms with E-state index in [2.05, 4.69) is 5.32 Å². The minimum Gasteiger partial charge on any atom is -0.399 e. The fourth-order valence-electron chi connectivity index (χ4n) is 2.79. The highest BCUT2D eigenvalue weighted by molar-refractivity contribution is 6.09. The maximum Gasteiger partial charge on any atom is 0.256 e. The molecule has 0 bridgehead atoms. The molecule has 2 aromatic carbocycles. The number of para-hydroxylation sites is 1. The maximum atomic E-state index is 12.8. The van der Waals surface area contributed by atoms with Crippen LogP contribution in [-0.4, -0.2) is 43.0 Å². The molecule has 1 fully saturated rings. The Morgan fingerprint density at radius 2 is 1.77 bits per heavy atom. The van der Waals surface area contributed by atoms with Gasteiger partial charge in [-0.25, -0.2) is 0 Å². The summed E-state index contributed by atoms with van der Waals surface area (Å²) >= 11 is 0. The molecule has 0 radical (unpaired) electrons. The molecular weight excluding hydrogens is 354 g/mol. The number of aryl methyl sites for hydroxylation is 1. The van der Waals surface area contributed by atoms with E-state index in [0.717, 1.165) is 5.56 Å². The number of amides is 2. The topological polar surface area (TPSA) is 84.7 Å². The summed E-state index contributed by atoms with van der Waals surface area (Å²) in [5.74, 6) is -0.393. The largest absolute Gasteiger partial charge is 0.399 e. The number of morpholine rings is 1. The van der Waals surface area contributed by atoms with Crippen LogP contribution in [0.25, 0.3) is 0 Å². The minimum atomic E-state index is -0.285. The molecule has 2 aromatic rings. The van der Waals surface area contributed by atoms with Crippen molar-refractivity contribution < 1.29 is 14.3 Å². The van der Waals surface area contributed by atoms with E-state index in [4.69, 9.17) is 10.5 Å². The van der Waals surface area contributed by atoms with E-state index in [1.165, 1.54) is 0 Å². The van der Waals surface area contributed by atoms with Crippen LogP contribution >= 0.6 is 12.4 Å². The fourth-order valence-corrected chi connectivity index (χ4v) is 2.79. The van der Waals surface area contributed by atoms with E-state index < -0.39 is 0 Å². The number of carbonyl (C=O) groups is 2. The first-order chi connectivity index (χ1) is 12.1. The van der Waals surface area contributed by atoms with Crippen molar-refractivity contribution in [1.82, 2.24) is 4.90 Å². The summed E-state index contributed by atoms with van der Waals surface area (Å²) in [6.07, 6.45) is 0. The molecule has 0 aromatic heterocycles. The van der Waals surface area contributed by atoms with Gasteiger partial charge in [0, 0.05) is 24.3 Å². The van der Waals surface area contributed by atoms with Crippen LogP contribution in [0.4, 0.5) is 11.4 Å². The second kappa shape index (κ2) is 8.69. The zero-order chi connectivity index (χ0) is 17.8. The van der Waals surface area contributed by atoms with E-state index in [1.54, 1.807) is 47.4 Å². The molecule has 138 valence electrons. The van der Waals surface area contributed by atoms with Crippen LogP contribution in [0.2, 0.25) is 0 Å². The number of nitrogens with two attached hydrogens (primary N) is 1. The number of benzene rings is 2. The van der Waals surface area contributed by atoms with Gasteiger partial charge in [-0.05, 0) is 36.8 Å². The van der Waals surface area contributed by atoms with E-state index in [9.17, 15) is 9.59 Å². The number of nitrogens with one attached hydrogen (secondary N) is 1. The number of rotatable bonds is 3. The van der Waals surface area contributed by atoms with Crippen molar-refractivity contribution in [2.45, 2.75) is 6.92 Å². The molecule has 1 aliphatic heterocycles. The van der Waals surface area contributed by atoms with Gasteiger partial charge in [0.2, 0.25) is 0 Å². The number of halogens is 1. The van der Waals surface area contributed by atoms with Gasteiger partial charge in [-0.3, -0.25) is 9.59 Å². The van der Waals surface area contributed by atoms with Gasteiger partial charge < -0.3 is 20.7 Å². The van der Waals surface area contributed by atoms with E-state index >= 15 is 0 Å².